The first-order valence-corrected chi connectivity index (χ1v) is 16.4. The van der Waals surface area contributed by atoms with Gasteiger partial charge in [-0.1, -0.05) is 0 Å². The number of phenolic OH excluding ortho intramolecular Hbond substituents is 1. The molecule has 0 radical (unpaired) electrons. The van der Waals surface area contributed by atoms with E-state index in [1.807, 2.05) is 39.1 Å². The number of carbonyl (C=O) groups excluding carboxylic acids is 1. The Labute approximate surface area is 277 Å². The van der Waals surface area contributed by atoms with Crippen molar-refractivity contribution >= 4 is 28.6 Å². The minimum atomic E-state index is -1.10. The molecule has 0 aliphatic carbocycles. The second-order valence-electron chi connectivity index (χ2n) is 13.9. The maximum atomic E-state index is 14.2. The van der Waals surface area contributed by atoms with Crippen LogP contribution in [0.1, 0.15) is 62.3 Å². The van der Waals surface area contributed by atoms with E-state index in [9.17, 15) is 14.7 Å². The summed E-state index contributed by atoms with van der Waals surface area (Å²) in [5.41, 5.74) is 12.8. The topological polar surface area (TPSA) is 188 Å². The van der Waals surface area contributed by atoms with Crippen LogP contribution in [-0.4, -0.2) is 58.0 Å². The Hall–Kier alpha value is -4.68. The molecule has 6 N–H and O–H groups in total. The molecule has 48 heavy (non-hydrogen) atoms. The van der Waals surface area contributed by atoms with Crippen molar-refractivity contribution in [3.8, 4) is 22.8 Å². The lowest BCUT2D eigenvalue weighted by molar-refractivity contribution is -0.170. The van der Waals surface area contributed by atoms with E-state index in [1.54, 1.807) is 25.3 Å². The van der Waals surface area contributed by atoms with Crippen LogP contribution in [0.4, 0.5) is 11.6 Å². The fourth-order valence-electron chi connectivity index (χ4n) is 7.71. The zero-order valence-corrected chi connectivity index (χ0v) is 27.5. The molecular formula is C36H41N5O7. The zero-order chi connectivity index (χ0) is 34.0. The third-order valence-corrected chi connectivity index (χ3v) is 9.99. The highest BCUT2D eigenvalue weighted by Crippen LogP contribution is 2.54. The molecule has 2 saturated heterocycles. The van der Waals surface area contributed by atoms with Crippen LogP contribution in [0.2, 0.25) is 0 Å². The molecule has 0 saturated carbocycles. The Bertz CT molecular complexity index is 1980. The number of fused-ring (bicyclic) bond motifs is 4. The summed E-state index contributed by atoms with van der Waals surface area (Å²) in [6, 6.07) is 10.4. The van der Waals surface area contributed by atoms with Crippen molar-refractivity contribution in [3.05, 3.63) is 69.7 Å². The van der Waals surface area contributed by atoms with Crippen LogP contribution in [0.5, 0.6) is 11.5 Å². The number of hydrogen-bond donors (Lipinski definition) is 4. The molecular weight excluding hydrogens is 614 g/mol. The van der Waals surface area contributed by atoms with Gasteiger partial charge in [-0.25, -0.2) is 14.8 Å². The maximum Gasteiger partial charge on any atom is 0.341 e. The number of carbonyl (C=O) groups is 1. The van der Waals surface area contributed by atoms with Gasteiger partial charge in [0, 0.05) is 35.4 Å². The number of nitrogen functional groups attached to an aromatic ring is 2. The first kappa shape index (κ1) is 31.9. The quantitative estimate of drug-likeness (QED) is 0.170. The smallest absolute Gasteiger partial charge is 0.341 e. The van der Waals surface area contributed by atoms with Gasteiger partial charge < -0.3 is 40.5 Å². The predicted octanol–water partition coefficient (Wildman–Crippen LogP) is 4.38. The molecule has 2 fully saturated rings. The summed E-state index contributed by atoms with van der Waals surface area (Å²) in [5, 5.41) is 15.0. The largest absolute Gasteiger partial charge is 0.507 e. The minimum absolute atomic E-state index is 0.0899. The molecule has 3 aliphatic heterocycles. The van der Waals surface area contributed by atoms with E-state index < -0.39 is 29.2 Å². The van der Waals surface area contributed by atoms with Crippen LogP contribution in [0.3, 0.4) is 0 Å². The number of hydrogen-bond acceptors (Lipinski definition) is 12. The molecule has 3 aromatic heterocycles. The molecule has 0 amide bonds. The number of aromatic hydroxyl groups is 1. The summed E-state index contributed by atoms with van der Waals surface area (Å²) in [6.07, 6.45) is 3.48. The van der Waals surface area contributed by atoms with Crippen molar-refractivity contribution in [1.82, 2.24) is 15.3 Å². The summed E-state index contributed by atoms with van der Waals surface area (Å²) in [5.74, 6) is 0.662. The van der Waals surface area contributed by atoms with Crippen molar-refractivity contribution in [1.29, 1.82) is 0 Å². The number of rotatable bonds is 6. The number of ether oxygens (including phenoxy) is 3. The molecule has 1 aromatic carbocycles. The van der Waals surface area contributed by atoms with Crippen LogP contribution in [-0.2, 0) is 20.7 Å². The SMILES string of the molecule is CNC[C@@H]1CC[C@]2(O[C@@H]2CCc2cc(N)nc(-c3ccnc(N)c3)c2)C(=O)O[C@@H]2[C@H](C1)c1c(cc3oc(C)cc(=O)c3c1O)OC2(C)C. The Balaban J connectivity index is 1.18. The average Bonchev–Trinajstić information content (AvgIpc) is 3.72. The van der Waals surface area contributed by atoms with E-state index in [1.165, 1.54) is 6.07 Å². The fraction of sp³-hybridized carbons (Fsp3) is 0.444. The van der Waals surface area contributed by atoms with E-state index in [4.69, 9.17) is 30.1 Å². The normalized spacial score (nSPS) is 26.0. The number of phenols is 1. The molecule has 5 atom stereocenters. The Kier molecular flexibility index (Phi) is 7.83. The molecule has 7 rings (SSSR count). The van der Waals surface area contributed by atoms with Crippen LogP contribution in [0.25, 0.3) is 22.2 Å². The minimum Gasteiger partial charge on any atom is -0.507 e. The molecule has 252 valence electrons. The van der Waals surface area contributed by atoms with Gasteiger partial charge in [0.25, 0.3) is 0 Å². The van der Waals surface area contributed by atoms with Gasteiger partial charge in [-0.3, -0.25) is 4.79 Å². The number of anilines is 2. The van der Waals surface area contributed by atoms with E-state index in [0.717, 1.165) is 11.1 Å². The van der Waals surface area contributed by atoms with Gasteiger partial charge in [0.1, 0.15) is 51.6 Å². The number of benzene rings is 1. The third-order valence-electron chi connectivity index (χ3n) is 9.99. The monoisotopic (exact) mass is 655 g/mol. The molecule has 12 nitrogen and oxygen atoms in total. The summed E-state index contributed by atoms with van der Waals surface area (Å²) in [7, 11) is 1.90. The molecule has 1 spiro atoms. The van der Waals surface area contributed by atoms with Crippen LogP contribution in [0.15, 0.2) is 51.8 Å². The number of pyridine rings is 2. The van der Waals surface area contributed by atoms with Gasteiger partial charge in [-0.15, -0.1) is 0 Å². The maximum absolute atomic E-state index is 14.2. The molecule has 0 unspecified atom stereocenters. The Morgan fingerprint density at radius 2 is 1.92 bits per heavy atom. The third kappa shape index (κ3) is 5.62. The lowest BCUT2D eigenvalue weighted by Crippen LogP contribution is -2.52. The first-order valence-electron chi connectivity index (χ1n) is 16.4. The highest BCUT2D eigenvalue weighted by atomic mass is 16.7. The van der Waals surface area contributed by atoms with Gasteiger partial charge in [0.05, 0.1) is 11.8 Å². The van der Waals surface area contributed by atoms with E-state index in [-0.39, 0.29) is 34.2 Å². The van der Waals surface area contributed by atoms with Crippen molar-refractivity contribution in [2.75, 3.05) is 25.1 Å². The number of nitrogens with one attached hydrogen (secondary N) is 1. The van der Waals surface area contributed by atoms with Crippen molar-refractivity contribution in [2.45, 2.75) is 82.2 Å². The molecule has 4 aromatic rings. The molecule has 6 heterocycles. The number of aromatic nitrogens is 2. The van der Waals surface area contributed by atoms with Gasteiger partial charge in [-0.05, 0) is 102 Å². The summed E-state index contributed by atoms with van der Waals surface area (Å²) >= 11 is 0. The Morgan fingerprint density at radius 1 is 1.10 bits per heavy atom. The fourth-order valence-corrected chi connectivity index (χ4v) is 7.71. The van der Waals surface area contributed by atoms with Crippen molar-refractivity contribution < 1.29 is 28.5 Å². The van der Waals surface area contributed by atoms with Gasteiger partial charge in [0.15, 0.2) is 11.0 Å². The molecule has 12 heteroatoms. The van der Waals surface area contributed by atoms with Crippen molar-refractivity contribution in [3.63, 3.8) is 0 Å². The van der Waals surface area contributed by atoms with Crippen molar-refractivity contribution in [2.24, 2.45) is 5.92 Å². The zero-order valence-electron chi connectivity index (χ0n) is 27.5. The highest BCUT2D eigenvalue weighted by molar-refractivity contribution is 5.88. The lowest BCUT2D eigenvalue weighted by atomic mass is 9.75. The lowest BCUT2D eigenvalue weighted by Gasteiger charge is -2.45. The van der Waals surface area contributed by atoms with Gasteiger partial charge >= 0.3 is 5.97 Å². The first-order chi connectivity index (χ1) is 22.9. The van der Waals surface area contributed by atoms with Crippen LogP contribution in [0, 0.1) is 12.8 Å². The number of esters is 1. The molecule has 0 bridgehead atoms. The average molecular weight is 656 g/mol. The number of epoxide rings is 1. The van der Waals surface area contributed by atoms with Crippen LogP contribution < -0.4 is 26.9 Å². The summed E-state index contributed by atoms with van der Waals surface area (Å²) < 4.78 is 24.9. The van der Waals surface area contributed by atoms with Gasteiger partial charge in [-0.2, -0.15) is 0 Å². The van der Waals surface area contributed by atoms with E-state index in [2.05, 4.69) is 15.3 Å². The number of aryl methyl sites for hydroxylation is 2. The summed E-state index contributed by atoms with van der Waals surface area (Å²) in [4.78, 5) is 35.7. The van der Waals surface area contributed by atoms with E-state index >= 15 is 0 Å². The Morgan fingerprint density at radius 3 is 2.69 bits per heavy atom. The number of nitrogens with zero attached hydrogens (tertiary/aromatic N) is 2. The van der Waals surface area contributed by atoms with E-state index in [0.29, 0.717) is 73.1 Å². The number of nitrogens with two attached hydrogens (primary N) is 2. The summed E-state index contributed by atoms with van der Waals surface area (Å²) in [6.45, 7) is 6.12. The standard InChI is InChI=1S/C36H41N5O7/c1-18-11-24(42)31-25(45-18)16-26-30(32(31)43)22-12-20(17-39-4)7-9-36(34(44)46-33(22)35(2,3)47-26)27(48-36)6-5-19-13-23(41-29(38)14-19)21-8-10-40-28(37)15-21/h8,10-11,13-16,20,22,27,33,39,43H,5-7,9,12,17H2,1-4H3,(H2,37,40)(H2,38,41)/t20-,22-,27-,33-,36-/m1/s1. The molecule has 3 aliphatic rings. The highest BCUT2D eigenvalue weighted by Gasteiger charge is 2.65. The van der Waals surface area contributed by atoms with Gasteiger partial charge in [0.2, 0.25) is 0 Å². The second-order valence-corrected chi connectivity index (χ2v) is 13.9. The second kappa shape index (κ2) is 11.8. The predicted molar refractivity (Wildman–Crippen MR) is 180 cm³/mol. The van der Waals surface area contributed by atoms with Crippen LogP contribution >= 0.6 is 0 Å².